The van der Waals surface area contributed by atoms with Crippen molar-refractivity contribution in [2.45, 2.75) is 20.3 Å². The highest BCUT2D eigenvalue weighted by Crippen LogP contribution is 2.29. The molecular weight excluding hydrogens is 259 g/mol. The molecule has 0 fully saturated rings. The van der Waals surface area contributed by atoms with E-state index in [-0.39, 0.29) is 10.9 Å². The average Bonchev–Trinajstić information content (AvgIpc) is 2.29. The van der Waals surface area contributed by atoms with Crippen LogP contribution in [0.1, 0.15) is 30.6 Å². The third-order valence-corrected chi connectivity index (χ3v) is 3.25. The number of benzene rings is 1. The minimum Gasteiger partial charge on any atom is -0.399 e. The summed E-state index contributed by atoms with van der Waals surface area (Å²) in [6.45, 7) is 5.27. The van der Waals surface area contributed by atoms with Gasteiger partial charge in [0.05, 0.1) is 15.6 Å². The van der Waals surface area contributed by atoms with Gasteiger partial charge in [-0.25, -0.2) is 0 Å². The van der Waals surface area contributed by atoms with Crippen molar-refractivity contribution in [2.24, 2.45) is 0 Å². The first-order chi connectivity index (χ1) is 8.01. The number of carbonyl (C=O) groups is 1. The summed E-state index contributed by atoms with van der Waals surface area (Å²) in [4.78, 5) is 13.9. The zero-order valence-corrected chi connectivity index (χ0v) is 11.5. The SMILES string of the molecule is CCCN(CC)C(=O)c1cc(N)cc(Cl)c1Cl. The van der Waals surface area contributed by atoms with Gasteiger partial charge < -0.3 is 10.6 Å². The van der Waals surface area contributed by atoms with Crippen LogP contribution in [0.15, 0.2) is 12.1 Å². The largest absolute Gasteiger partial charge is 0.399 e. The molecule has 1 aromatic rings. The van der Waals surface area contributed by atoms with Gasteiger partial charge in [-0.05, 0) is 25.5 Å². The van der Waals surface area contributed by atoms with Crippen LogP contribution in [0.25, 0.3) is 0 Å². The molecule has 0 atom stereocenters. The maximum atomic E-state index is 12.2. The maximum Gasteiger partial charge on any atom is 0.255 e. The van der Waals surface area contributed by atoms with E-state index in [1.807, 2.05) is 13.8 Å². The van der Waals surface area contributed by atoms with Gasteiger partial charge in [0.25, 0.3) is 5.91 Å². The van der Waals surface area contributed by atoms with Gasteiger partial charge in [0.15, 0.2) is 0 Å². The number of carbonyl (C=O) groups excluding carboxylic acids is 1. The van der Waals surface area contributed by atoms with Crippen LogP contribution >= 0.6 is 23.2 Å². The second-order valence-corrected chi connectivity index (χ2v) is 4.53. The second-order valence-electron chi connectivity index (χ2n) is 3.75. The molecule has 0 saturated heterocycles. The quantitative estimate of drug-likeness (QED) is 0.855. The topological polar surface area (TPSA) is 46.3 Å². The Morgan fingerprint density at radius 1 is 1.35 bits per heavy atom. The zero-order chi connectivity index (χ0) is 13.0. The maximum absolute atomic E-state index is 12.2. The fourth-order valence-electron chi connectivity index (χ4n) is 1.61. The van der Waals surface area contributed by atoms with Gasteiger partial charge >= 0.3 is 0 Å². The molecule has 17 heavy (non-hydrogen) atoms. The summed E-state index contributed by atoms with van der Waals surface area (Å²) in [7, 11) is 0. The third-order valence-electron chi connectivity index (χ3n) is 2.44. The van der Waals surface area contributed by atoms with Crippen molar-refractivity contribution in [3.05, 3.63) is 27.7 Å². The summed E-state index contributed by atoms with van der Waals surface area (Å²) in [6, 6.07) is 3.10. The molecule has 3 nitrogen and oxygen atoms in total. The minimum absolute atomic E-state index is 0.131. The first kappa shape index (κ1) is 14.1. The normalized spacial score (nSPS) is 10.4. The van der Waals surface area contributed by atoms with E-state index in [0.717, 1.165) is 6.42 Å². The van der Waals surface area contributed by atoms with E-state index < -0.39 is 0 Å². The molecule has 0 spiro atoms. The molecule has 0 aliphatic heterocycles. The van der Waals surface area contributed by atoms with Crippen LogP contribution < -0.4 is 5.73 Å². The van der Waals surface area contributed by atoms with Crippen molar-refractivity contribution < 1.29 is 4.79 Å². The molecule has 0 aromatic heterocycles. The highest BCUT2D eigenvalue weighted by atomic mass is 35.5. The Morgan fingerprint density at radius 2 is 2.00 bits per heavy atom. The third kappa shape index (κ3) is 3.27. The number of halogens is 2. The molecule has 0 aliphatic rings. The van der Waals surface area contributed by atoms with Crippen LogP contribution in [-0.4, -0.2) is 23.9 Å². The summed E-state index contributed by atoms with van der Waals surface area (Å²) >= 11 is 11.9. The molecule has 0 radical (unpaired) electrons. The van der Waals surface area contributed by atoms with Crippen LogP contribution in [0.4, 0.5) is 5.69 Å². The Morgan fingerprint density at radius 3 is 2.53 bits per heavy atom. The molecule has 2 N–H and O–H groups in total. The second kappa shape index (κ2) is 6.12. The highest BCUT2D eigenvalue weighted by molar-refractivity contribution is 6.44. The molecule has 5 heteroatoms. The van der Waals surface area contributed by atoms with Crippen LogP contribution in [0.2, 0.25) is 10.0 Å². The summed E-state index contributed by atoms with van der Waals surface area (Å²) in [5.41, 5.74) is 6.48. The van der Waals surface area contributed by atoms with Crippen LogP contribution in [0.5, 0.6) is 0 Å². The van der Waals surface area contributed by atoms with Crippen LogP contribution in [0, 0.1) is 0 Å². The minimum atomic E-state index is -0.131. The van der Waals surface area contributed by atoms with Crippen molar-refractivity contribution in [3.8, 4) is 0 Å². The Balaban J connectivity index is 3.10. The Hall–Kier alpha value is -0.930. The number of nitrogen functional groups attached to an aromatic ring is 1. The van der Waals surface area contributed by atoms with E-state index >= 15 is 0 Å². The average molecular weight is 275 g/mol. The Labute approximate surface area is 111 Å². The van der Waals surface area contributed by atoms with Crippen molar-refractivity contribution in [1.82, 2.24) is 4.90 Å². The first-order valence-corrected chi connectivity index (χ1v) is 6.30. The van der Waals surface area contributed by atoms with Crippen molar-refractivity contribution in [1.29, 1.82) is 0 Å². The summed E-state index contributed by atoms with van der Waals surface area (Å²) in [6.07, 6.45) is 0.896. The number of anilines is 1. The van der Waals surface area contributed by atoms with Crippen molar-refractivity contribution >= 4 is 34.8 Å². The molecule has 0 unspecified atom stereocenters. The number of hydrogen-bond acceptors (Lipinski definition) is 2. The lowest BCUT2D eigenvalue weighted by atomic mass is 10.1. The van der Waals surface area contributed by atoms with E-state index in [1.165, 1.54) is 6.07 Å². The molecule has 1 amide bonds. The number of nitrogens with two attached hydrogens (primary N) is 1. The van der Waals surface area contributed by atoms with Crippen molar-refractivity contribution in [3.63, 3.8) is 0 Å². The Kier molecular flexibility index (Phi) is 5.09. The van der Waals surface area contributed by atoms with Gasteiger partial charge in [-0.3, -0.25) is 4.79 Å². The standard InChI is InChI=1S/C12H16Cl2N2O/c1-3-5-16(4-2)12(17)9-6-8(15)7-10(13)11(9)14/h6-7H,3-5,15H2,1-2H3. The van der Waals surface area contributed by atoms with E-state index in [9.17, 15) is 4.79 Å². The van der Waals surface area contributed by atoms with E-state index in [4.69, 9.17) is 28.9 Å². The van der Waals surface area contributed by atoms with Gasteiger partial charge in [-0.15, -0.1) is 0 Å². The Bertz CT molecular complexity index is 421. The molecule has 0 heterocycles. The molecule has 1 rings (SSSR count). The number of nitrogens with zero attached hydrogens (tertiary/aromatic N) is 1. The summed E-state index contributed by atoms with van der Waals surface area (Å²) in [5, 5.41) is 0.572. The fraction of sp³-hybridized carbons (Fsp3) is 0.417. The van der Waals surface area contributed by atoms with Crippen molar-refractivity contribution in [2.75, 3.05) is 18.8 Å². The number of hydrogen-bond donors (Lipinski definition) is 1. The van der Waals surface area contributed by atoms with Gasteiger partial charge in [-0.2, -0.15) is 0 Å². The van der Waals surface area contributed by atoms with Gasteiger partial charge in [0, 0.05) is 18.8 Å². The molecule has 94 valence electrons. The molecule has 0 aliphatic carbocycles. The lowest BCUT2D eigenvalue weighted by Crippen LogP contribution is -2.31. The molecule has 0 bridgehead atoms. The predicted molar refractivity (Wildman–Crippen MR) is 72.7 cm³/mol. The van der Waals surface area contributed by atoms with Gasteiger partial charge in [0.1, 0.15) is 0 Å². The molecule has 1 aromatic carbocycles. The number of rotatable bonds is 4. The fourth-order valence-corrected chi connectivity index (χ4v) is 2.03. The monoisotopic (exact) mass is 274 g/mol. The first-order valence-electron chi connectivity index (χ1n) is 5.55. The zero-order valence-electron chi connectivity index (χ0n) is 9.96. The van der Waals surface area contributed by atoms with E-state index in [1.54, 1.807) is 11.0 Å². The summed E-state index contributed by atoms with van der Waals surface area (Å²) < 4.78 is 0. The van der Waals surface area contributed by atoms with E-state index in [2.05, 4.69) is 0 Å². The van der Waals surface area contributed by atoms with E-state index in [0.29, 0.717) is 29.4 Å². The summed E-state index contributed by atoms with van der Waals surface area (Å²) in [5.74, 6) is -0.131. The highest BCUT2D eigenvalue weighted by Gasteiger charge is 2.18. The molecular formula is C12H16Cl2N2O. The van der Waals surface area contributed by atoms with Gasteiger partial charge in [-0.1, -0.05) is 30.1 Å². The lowest BCUT2D eigenvalue weighted by Gasteiger charge is -2.21. The smallest absolute Gasteiger partial charge is 0.255 e. The van der Waals surface area contributed by atoms with Crippen LogP contribution in [0.3, 0.4) is 0 Å². The number of amides is 1. The van der Waals surface area contributed by atoms with Crippen LogP contribution in [-0.2, 0) is 0 Å². The predicted octanol–water partition coefficient (Wildman–Crippen LogP) is 3.45. The molecule has 0 saturated carbocycles. The lowest BCUT2D eigenvalue weighted by molar-refractivity contribution is 0.0764. The van der Waals surface area contributed by atoms with Gasteiger partial charge in [0.2, 0.25) is 0 Å².